The molecule has 1 fully saturated rings. The molecule has 1 aromatic heterocycles. The van der Waals surface area contributed by atoms with Crippen LogP contribution in [0.4, 0.5) is 0 Å². The fourth-order valence-electron chi connectivity index (χ4n) is 2.67. The number of fused-ring (bicyclic) bond motifs is 1. The second-order valence-corrected chi connectivity index (χ2v) is 6.92. The summed E-state index contributed by atoms with van der Waals surface area (Å²) >= 11 is 0. The molecule has 2 heteroatoms. The van der Waals surface area contributed by atoms with E-state index in [1.807, 2.05) is 0 Å². The maximum absolute atomic E-state index is 3.82. The minimum absolute atomic E-state index is 0.293. The normalized spacial score (nSPS) is 17.8. The average molecular weight is 256 g/mol. The lowest BCUT2D eigenvalue weighted by Gasteiger charge is -2.32. The largest absolute Gasteiger partial charge is 0.361 e. The van der Waals surface area contributed by atoms with Crippen LogP contribution >= 0.6 is 0 Å². The van der Waals surface area contributed by atoms with E-state index in [4.69, 9.17) is 0 Å². The summed E-state index contributed by atoms with van der Waals surface area (Å²) in [6, 6.07) is 9.89. The average Bonchev–Trinajstić information content (AvgIpc) is 3.08. The van der Waals surface area contributed by atoms with Gasteiger partial charge in [-0.05, 0) is 36.3 Å². The van der Waals surface area contributed by atoms with Gasteiger partial charge in [0, 0.05) is 29.2 Å². The Morgan fingerprint density at radius 3 is 2.68 bits per heavy atom. The lowest BCUT2D eigenvalue weighted by Crippen LogP contribution is -2.43. The van der Waals surface area contributed by atoms with Crippen molar-refractivity contribution in [3.05, 3.63) is 36.0 Å². The fourth-order valence-corrected chi connectivity index (χ4v) is 2.67. The van der Waals surface area contributed by atoms with Gasteiger partial charge in [-0.1, -0.05) is 39.0 Å². The molecule has 0 bridgehead atoms. The van der Waals surface area contributed by atoms with Gasteiger partial charge in [0.05, 0.1) is 0 Å². The zero-order valence-electron chi connectivity index (χ0n) is 12.2. The second-order valence-electron chi connectivity index (χ2n) is 6.92. The number of para-hydroxylation sites is 1. The molecular weight excluding hydrogens is 232 g/mol. The summed E-state index contributed by atoms with van der Waals surface area (Å²) in [6.07, 6.45) is 5.98. The Balaban J connectivity index is 1.84. The van der Waals surface area contributed by atoms with Crippen LogP contribution in [0.25, 0.3) is 10.9 Å². The molecule has 1 saturated carbocycles. The minimum atomic E-state index is 0.293. The van der Waals surface area contributed by atoms with Crippen molar-refractivity contribution in [2.75, 3.05) is 0 Å². The topological polar surface area (TPSA) is 27.8 Å². The number of aromatic amines is 1. The Morgan fingerprint density at radius 2 is 2.00 bits per heavy atom. The van der Waals surface area contributed by atoms with E-state index in [0.717, 1.165) is 12.5 Å². The summed E-state index contributed by atoms with van der Waals surface area (Å²) in [7, 11) is 0. The summed E-state index contributed by atoms with van der Waals surface area (Å²) in [5.41, 5.74) is 2.97. The first-order valence-corrected chi connectivity index (χ1v) is 7.35. The predicted octanol–water partition coefficient (Wildman–Crippen LogP) is 3.88. The number of rotatable bonds is 4. The summed E-state index contributed by atoms with van der Waals surface area (Å²) in [5, 5.41) is 5.19. The maximum atomic E-state index is 3.82. The van der Waals surface area contributed by atoms with E-state index in [1.54, 1.807) is 0 Å². The van der Waals surface area contributed by atoms with Gasteiger partial charge in [-0.3, -0.25) is 0 Å². The third-order valence-electron chi connectivity index (χ3n) is 4.16. The summed E-state index contributed by atoms with van der Waals surface area (Å²) in [4.78, 5) is 3.39. The van der Waals surface area contributed by atoms with Crippen LogP contribution in [0.1, 0.15) is 39.2 Å². The molecule has 2 aromatic rings. The number of hydrogen-bond acceptors (Lipinski definition) is 1. The quantitative estimate of drug-likeness (QED) is 0.853. The van der Waals surface area contributed by atoms with Crippen LogP contribution in [-0.2, 0) is 6.42 Å². The molecule has 19 heavy (non-hydrogen) atoms. The standard InChI is InChI=1S/C17H24N2/c1-17(2,3)16(19-13-8-9-13)10-12-11-18-15-7-5-4-6-14(12)15/h4-7,11,13,16,18-19H,8-10H2,1-3H3. The molecule has 1 aliphatic rings. The van der Waals surface area contributed by atoms with Crippen molar-refractivity contribution in [1.82, 2.24) is 10.3 Å². The van der Waals surface area contributed by atoms with E-state index in [-0.39, 0.29) is 0 Å². The first kappa shape index (κ1) is 12.7. The SMILES string of the molecule is CC(C)(C)C(Cc1c[nH]c2ccccc12)NC1CC1. The predicted molar refractivity (Wildman–Crippen MR) is 81.4 cm³/mol. The molecule has 0 aliphatic heterocycles. The first-order valence-electron chi connectivity index (χ1n) is 7.35. The summed E-state index contributed by atoms with van der Waals surface area (Å²) in [6.45, 7) is 7.01. The molecule has 1 aromatic carbocycles. The van der Waals surface area contributed by atoms with Gasteiger partial charge in [0.15, 0.2) is 0 Å². The van der Waals surface area contributed by atoms with Crippen molar-refractivity contribution >= 4 is 10.9 Å². The third kappa shape index (κ3) is 2.84. The van der Waals surface area contributed by atoms with Gasteiger partial charge in [0.2, 0.25) is 0 Å². The monoisotopic (exact) mass is 256 g/mol. The number of aromatic nitrogens is 1. The molecule has 1 heterocycles. The van der Waals surface area contributed by atoms with Crippen LogP contribution in [0, 0.1) is 5.41 Å². The van der Waals surface area contributed by atoms with Crippen LogP contribution < -0.4 is 5.32 Å². The van der Waals surface area contributed by atoms with E-state index < -0.39 is 0 Å². The van der Waals surface area contributed by atoms with E-state index in [9.17, 15) is 0 Å². The zero-order valence-corrected chi connectivity index (χ0v) is 12.2. The second kappa shape index (κ2) is 4.68. The van der Waals surface area contributed by atoms with Crippen molar-refractivity contribution in [1.29, 1.82) is 0 Å². The molecule has 0 radical (unpaired) electrons. The van der Waals surface area contributed by atoms with Gasteiger partial charge < -0.3 is 10.3 Å². The molecule has 1 unspecified atom stereocenters. The van der Waals surface area contributed by atoms with Gasteiger partial charge >= 0.3 is 0 Å². The number of H-pyrrole nitrogens is 1. The Labute approximate surface area is 115 Å². The van der Waals surface area contributed by atoms with E-state index >= 15 is 0 Å². The molecule has 1 aliphatic carbocycles. The van der Waals surface area contributed by atoms with E-state index in [0.29, 0.717) is 11.5 Å². The molecule has 1 atom stereocenters. The highest BCUT2D eigenvalue weighted by atomic mass is 15.0. The highest BCUT2D eigenvalue weighted by Gasteiger charge is 2.31. The van der Waals surface area contributed by atoms with Crippen molar-refractivity contribution in [3.8, 4) is 0 Å². The van der Waals surface area contributed by atoms with Crippen molar-refractivity contribution in [2.24, 2.45) is 5.41 Å². The highest BCUT2D eigenvalue weighted by Crippen LogP contribution is 2.29. The smallest absolute Gasteiger partial charge is 0.0456 e. The summed E-state index contributed by atoms with van der Waals surface area (Å²) in [5.74, 6) is 0. The van der Waals surface area contributed by atoms with Gasteiger partial charge in [-0.15, -0.1) is 0 Å². The number of benzene rings is 1. The van der Waals surface area contributed by atoms with Gasteiger partial charge in [-0.25, -0.2) is 0 Å². The Bertz CT molecular complexity index is 558. The van der Waals surface area contributed by atoms with Crippen LogP contribution in [0.15, 0.2) is 30.5 Å². The molecule has 102 valence electrons. The van der Waals surface area contributed by atoms with Gasteiger partial charge in [0.25, 0.3) is 0 Å². The Morgan fingerprint density at radius 1 is 1.26 bits per heavy atom. The third-order valence-corrected chi connectivity index (χ3v) is 4.16. The van der Waals surface area contributed by atoms with Gasteiger partial charge in [-0.2, -0.15) is 0 Å². The molecular formula is C17H24N2. The van der Waals surface area contributed by atoms with E-state index in [2.05, 4.69) is 61.5 Å². The highest BCUT2D eigenvalue weighted by molar-refractivity contribution is 5.83. The number of nitrogens with one attached hydrogen (secondary N) is 2. The lowest BCUT2D eigenvalue weighted by atomic mass is 9.83. The molecule has 0 saturated heterocycles. The van der Waals surface area contributed by atoms with Crippen LogP contribution in [0.2, 0.25) is 0 Å². The van der Waals surface area contributed by atoms with Crippen LogP contribution in [-0.4, -0.2) is 17.1 Å². The Kier molecular flexibility index (Phi) is 3.14. The van der Waals surface area contributed by atoms with Crippen molar-refractivity contribution in [2.45, 2.75) is 52.1 Å². The lowest BCUT2D eigenvalue weighted by molar-refractivity contribution is 0.264. The van der Waals surface area contributed by atoms with Crippen molar-refractivity contribution in [3.63, 3.8) is 0 Å². The fraction of sp³-hybridized carbons (Fsp3) is 0.529. The van der Waals surface area contributed by atoms with Crippen LogP contribution in [0.5, 0.6) is 0 Å². The first-order chi connectivity index (χ1) is 9.04. The molecule has 0 amide bonds. The minimum Gasteiger partial charge on any atom is -0.361 e. The number of hydrogen-bond donors (Lipinski definition) is 2. The zero-order chi connectivity index (χ0) is 13.5. The Hall–Kier alpha value is -1.28. The molecule has 2 N–H and O–H groups in total. The van der Waals surface area contributed by atoms with Crippen LogP contribution in [0.3, 0.4) is 0 Å². The van der Waals surface area contributed by atoms with Gasteiger partial charge in [0.1, 0.15) is 0 Å². The molecule has 0 spiro atoms. The van der Waals surface area contributed by atoms with E-state index in [1.165, 1.54) is 29.3 Å². The van der Waals surface area contributed by atoms with Crippen molar-refractivity contribution < 1.29 is 0 Å². The maximum Gasteiger partial charge on any atom is 0.0456 e. The summed E-state index contributed by atoms with van der Waals surface area (Å²) < 4.78 is 0. The molecule has 3 rings (SSSR count). The molecule has 2 nitrogen and oxygen atoms in total.